The molecule has 100 valence electrons. The smallest absolute Gasteiger partial charge is 0.143 e. The molecule has 0 amide bonds. The fourth-order valence-corrected chi connectivity index (χ4v) is 2.05. The third-order valence-electron chi connectivity index (χ3n) is 2.92. The number of halogens is 1. The van der Waals surface area contributed by atoms with Gasteiger partial charge in [0.05, 0.1) is 5.69 Å². The Bertz CT molecular complexity index is 679. The lowest BCUT2D eigenvalue weighted by Gasteiger charge is -2.08. The Morgan fingerprint density at radius 1 is 1.05 bits per heavy atom. The van der Waals surface area contributed by atoms with Gasteiger partial charge in [-0.05, 0) is 46.3 Å². The molecule has 1 aromatic heterocycles. The van der Waals surface area contributed by atoms with Crippen molar-refractivity contribution in [2.45, 2.75) is 6.54 Å². The van der Waals surface area contributed by atoms with Gasteiger partial charge in [0, 0.05) is 17.3 Å². The van der Waals surface area contributed by atoms with Crippen molar-refractivity contribution in [3.63, 3.8) is 0 Å². The molecule has 0 saturated carbocycles. The molecule has 0 aliphatic rings. The second kappa shape index (κ2) is 5.71. The van der Waals surface area contributed by atoms with Gasteiger partial charge in [0.25, 0.3) is 0 Å². The van der Waals surface area contributed by atoms with E-state index in [1.54, 1.807) is 11.0 Å². The molecule has 3 rings (SSSR count). The molecule has 0 atom stereocenters. The van der Waals surface area contributed by atoms with Crippen LogP contribution in [0.2, 0.25) is 5.02 Å². The summed E-state index contributed by atoms with van der Waals surface area (Å²) in [6.45, 7) is 0.684. The minimum absolute atomic E-state index is 0.684. The number of tetrazole rings is 1. The van der Waals surface area contributed by atoms with Crippen LogP contribution in [0.1, 0.15) is 5.56 Å². The number of aromatic nitrogens is 4. The quantitative estimate of drug-likeness (QED) is 0.801. The number of rotatable bonds is 4. The number of nitrogens with zero attached hydrogens (tertiary/aromatic N) is 4. The second-order valence-corrected chi connectivity index (χ2v) is 4.65. The molecule has 1 N–H and O–H groups in total. The Kier molecular flexibility index (Phi) is 3.60. The van der Waals surface area contributed by atoms with E-state index in [0.717, 1.165) is 22.0 Å². The zero-order valence-corrected chi connectivity index (χ0v) is 11.3. The Labute approximate surface area is 121 Å². The Morgan fingerprint density at radius 3 is 2.55 bits per heavy atom. The predicted molar refractivity (Wildman–Crippen MR) is 77.9 cm³/mol. The summed E-state index contributed by atoms with van der Waals surface area (Å²) in [5.74, 6) is 0. The molecule has 1 heterocycles. The van der Waals surface area contributed by atoms with Crippen LogP contribution in [-0.2, 0) is 6.54 Å². The minimum atomic E-state index is 0.684. The van der Waals surface area contributed by atoms with Crippen molar-refractivity contribution in [1.29, 1.82) is 0 Å². The summed E-state index contributed by atoms with van der Waals surface area (Å²) in [4.78, 5) is 0. The monoisotopic (exact) mass is 285 g/mol. The van der Waals surface area contributed by atoms with Crippen LogP contribution in [0.5, 0.6) is 0 Å². The summed E-state index contributed by atoms with van der Waals surface area (Å²) < 4.78 is 1.61. The van der Waals surface area contributed by atoms with E-state index in [2.05, 4.69) is 20.8 Å². The molecule has 0 aliphatic carbocycles. The number of anilines is 1. The van der Waals surface area contributed by atoms with Crippen molar-refractivity contribution >= 4 is 17.3 Å². The van der Waals surface area contributed by atoms with Crippen LogP contribution < -0.4 is 5.32 Å². The van der Waals surface area contributed by atoms with Crippen LogP contribution in [-0.4, -0.2) is 20.2 Å². The zero-order valence-electron chi connectivity index (χ0n) is 10.6. The largest absolute Gasteiger partial charge is 0.381 e. The first-order valence-corrected chi connectivity index (χ1v) is 6.51. The molecule has 20 heavy (non-hydrogen) atoms. The highest BCUT2D eigenvalue weighted by molar-refractivity contribution is 6.31. The normalized spacial score (nSPS) is 10.4. The summed E-state index contributed by atoms with van der Waals surface area (Å²) in [6, 6.07) is 15.7. The van der Waals surface area contributed by atoms with Crippen LogP contribution >= 0.6 is 11.6 Å². The highest BCUT2D eigenvalue weighted by Gasteiger charge is 2.00. The van der Waals surface area contributed by atoms with Crippen LogP contribution in [0, 0.1) is 0 Å². The fraction of sp³-hybridized carbons (Fsp3) is 0.0714. The van der Waals surface area contributed by atoms with Crippen LogP contribution in [0.4, 0.5) is 5.69 Å². The number of benzene rings is 2. The molecular weight excluding hydrogens is 274 g/mol. The molecule has 6 heteroatoms. The fourth-order valence-electron chi connectivity index (χ4n) is 1.85. The molecule has 2 aromatic carbocycles. The SMILES string of the molecule is Clc1ccccc1CNc1ccc(-n2cnnn2)cc1. The first-order valence-electron chi connectivity index (χ1n) is 6.13. The van der Waals surface area contributed by atoms with Crippen LogP contribution in [0.3, 0.4) is 0 Å². The average Bonchev–Trinajstić information content (AvgIpc) is 3.01. The van der Waals surface area contributed by atoms with Crippen molar-refractivity contribution in [3.8, 4) is 5.69 Å². The van der Waals surface area contributed by atoms with E-state index in [1.165, 1.54) is 0 Å². The second-order valence-electron chi connectivity index (χ2n) is 4.25. The highest BCUT2D eigenvalue weighted by atomic mass is 35.5. The molecule has 0 aliphatic heterocycles. The van der Waals surface area contributed by atoms with E-state index in [0.29, 0.717) is 6.54 Å². The van der Waals surface area contributed by atoms with E-state index in [1.807, 2.05) is 48.5 Å². The Morgan fingerprint density at radius 2 is 1.85 bits per heavy atom. The first-order chi connectivity index (χ1) is 9.83. The summed E-state index contributed by atoms with van der Waals surface area (Å²) >= 11 is 6.12. The Hall–Kier alpha value is -2.40. The lowest BCUT2D eigenvalue weighted by atomic mass is 10.2. The molecule has 0 saturated heterocycles. The minimum Gasteiger partial charge on any atom is -0.381 e. The summed E-state index contributed by atoms with van der Waals surface area (Å²) in [7, 11) is 0. The van der Waals surface area contributed by atoms with E-state index in [4.69, 9.17) is 11.6 Å². The van der Waals surface area contributed by atoms with E-state index in [9.17, 15) is 0 Å². The predicted octanol–water partition coefficient (Wildman–Crippen LogP) is 2.93. The Balaban J connectivity index is 1.68. The van der Waals surface area contributed by atoms with E-state index < -0.39 is 0 Å². The van der Waals surface area contributed by atoms with Gasteiger partial charge in [-0.2, -0.15) is 0 Å². The van der Waals surface area contributed by atoms with Crippen molar-refractivity contribution < 1.29 is 0 Å². The molecule has 0 bridgehead atoms. The number of hydrogen-bond acceptors (Lipinski definition) is 4. The maximum Gasteiger partial charge on any atom is 0.143 e. The van der Waals surface area contributed by atoms with Crippen molar-refractivity contribution in [2.24, 2.45) is 0 Å². The van der Waals surface area contributed by atoms with Gasteiger partial charge in [0.15, 0.2) is 0 Å². The summed E-state index contributed by atoms with van der Waals surface area (Å²) in [5, 5.41) is 15.2. The maximum atomic E-state index is 6.12. The van der Waals surface area contributed by atoms with Crippen LogP contribution in [0.25, 0.3) is 5.69 Å². The lowest BCUT2D eigenvalue weighted by Crippen LogP contribution is -2.00. The molecule has 3 aromatic rings. The van der Waals surface area contributed by atoms with Gasteiger partial charge in [-0.1, -0.05) is 29.8 Å². The first kappa shape index (κ1) is 12.6. The zero-order chi connectivity index (χ0) is 13.8. The third-order valence-corrected chi connectivity index (χ3v) is 3.29. The maximum absolute atomic E-state index is 6.12. The van der Waals surface area contributed by atoms with Gasteiger partial charge in [-0.15, -0.1) is 5.10 Å². The molecule has 5 nitrogen and oxygen atoms in total. The van der Waals surface area contributed by atoms with Crippen molar-refractivity contribution in [3.05, 3.63) is 65.4 Å². The molecule has 0 radical (unpaired) electrons. The molecular formula is C14H12ClN5. The van der Waals surface area contributed by atoms with E-state index in [-0.39, 0.29) is 0 Å². The highest BCUT2D eigenvalue weighted by Crippen LogP contribution is 2.17. The number of nitrogens with one attached hydrogen (secondary N) is 1. The summed E-state index contributed by atoms with van der Waals surface area (Å²) in [5.41, 5.74) is 3.00. The van der Waals surface area contributed by atoms with Gasteiger partial charge < -0.3 is 5.32 Å². The van der Waals surface area contributed by atoms with Crippen molar-refractivity contribution in [2.75, 3.05) is 5.32 Å². The van der Waals surface area contributed by atoms with E-state index >= 15 is 0 Å². The van der Waals surface area contributed by atoms with Gasteiger partial charge in [0.2, 0.25) is 0 Å². The molecule has 0 spiro atoms. The molecule has 0 fully saturated rings. The summed E-state index contributed by atoms with van der Waals surface area (Å²) in [6.07, 6.45) is 1.56. The molecule has 0 unspecified atom stereocenters. The van der Waals surface area contributed by atoms with Gasteiger partial charge in [0.1, 0.15) is 6.33 Å². The van der Waals surface area contributed by atoms with Gasteiger partial charge in [-0.25, -0.2) is 4.68 Å². The standard InChI is InChI=1S/C14H12ClN5/c15-14-4-2-1-3-11(14)9-16-12-5-7-13(8-6-12)20-10-17-18-19-20/h1-8,10,16H,9H2. The topological polar surface area (TPSA) is 55.6 Å². The van der Waals surface area contributed by atoms with Gasteiger partial charge in [-0.3, -0.25) is 0 Å². The third kappa shape index (κ3) is 2.78. The lowest BCUT2D eigenvalue weighted by molar-refractivity contribution is 0.789. The van der Waals surface area contributed by atoms with Crippen LogP contribution in [0.15, 0.2) is 54.9 Å². The van der Waals surface area contributed by atoms with Crippen molar-refractivity contribution in [1.82, 2.24) is 20.2 Å². The average molecular weight is 286 g/mol. The number of hydrogen-bond donors (Lipinski definition) is 1. The van der Waals surface area contributed by atoms with Gasteiger partial charge >= 0.3 is 0 Å².